The van der Waals surface area contributed by atoms with Crippen molar-refractivity contribution >= 4 is 11.9 Å². The van der Waals surface area contributed by atoms with Gasteiger partial charge in [0.1, 0.15) is 17.7 Å². The van der Waals surface area contributed by atoms with Crippen molar-refractivity contribution in [2.75, 3.05) is 13.1 Å². The maximum absolute atomic E-state index is 13.9. The molecule has 0 aliphatic heterocycles. The first-order chi connectivity index (χ1) is 21.2. The van der Waals surface area contributed by atoms with E-state index in [1.54, 1.807) is 18.2 Å². The molecule has 1 aliphatic carbocycles. The summed E-state index contributed by atoms with van der Waals surface area (Å²) in [6.45, 7) is 7.28. The minimum absolute atomic E-state index is 0.0884. The Morgan fingerprint density at radius 1 is 0.932 bits per heavy atom. The molecule has 236 valence electrons. The van der Waals surface area contributed by atoms with Crippen molar-refractivity contribution < 1.29 is 23.1 Å². The summed E-state index contributed by atoms with van der Waals surface area (Å²) in [7, 11) is 0. The van der Waals surface area contributed by atoms with Crippen LogP contribution in [0.4, 0.5) is 8.78 Å². The molecule has 0 bridgehead atoms. The highest BCUT2D eigenvalue weighted by atomic mass is 19.1. The standard InChI is InChI=1S/C36H45F2N3O3/c1-4-25-10-9-11-26(16-25)22-40-23-34(33(39)19-27-17-30(37)21-31(38)18-27)44-36(43)29-15-24(3)14-28(20-29)35(42)41(5-2)32-12-7-6-8-13-32/h9-11,14-18,20-21,32-34,40H,4-8,12-13,19,22-23,39H2,1-3H3/t33-,34+/m0/s1. The molecule has 3 N–H and O–H groups in total. The van der Waals surface area contributed by atoms with Crippen LogP contribution in [0.25, 0.3) is 0 Å². The summed E-state index contributed by atoms with van der Waals surface area (Å²) in [5.41, 5.74) is 10.7. The number of carbonyl (C=O) groups excluding carboxylic acids is 2. The highest BCUT2D eigenvalue weighted by Gasteiger charge is 2.27. The highest BCUT2D eigenvalue weighted by molar-refractivity contribution is 5.98. The van der Waals surface area contributed by atoms with E-state index in [0.717, 1.165) is 49.3 Å². The van der Waals surface area contributed by atoms with Crippen LogP contribution >= 0.6 is 0 Å². The number of amides is 1. The Kier molecular flexibility index (Phi) is 12.0. The highest BCUT2D eigenvalue weighted by Crippen LogP contribution is 2.25. The van der Waals surface area contributed by atoms with E-state index in [9.17, 15) is 18.4 Å². The number of nitrogens with one attached hydrogen (secondary N) is 1. The molecule has 0 aromatic heterocycles. The number of nitrogens with zero attached hydrogens (tertiary/aromatic N) is 1. The van der Waals surface area contributed by atoms with Crippen LogP contribution in [0.2, 0.25) is 0 Å². The fraction of sp³-hybridized carbons (Fsp3) is 0.444. The minimum Gasteiger partial charge on any atom is -0.456 e. The first-order valence-corrected chi connectivity index (χ1v) is 15.8. The average Bonchev–Trinajstić information content (AvgIpc) is 3.00. The third-order valence-electron chi connectivity index (χ3n) is 8.38. The van der Waals surface area contributed by atoms with Gasteiger partial charge in [0.2, 0.25) is 0 Å². The van der Waals surface area contributed by atoms with Crippen LogP contribution < -0.4 is 11.1 Å². The van der Waals surface area contributed by atoms with Crippen LogP contribution in [-0.4, -0.2) is 48.1 Å². The molecule has 3 aromatic carbocycles. The predicted molar refractivity (Wildman–Crippen MR) is 170 cm³/mol. The summed E-state index contributed by atoms with van der Waals surface area (Å²) in [6.07, 6.45) is 5.61. The molecule has 0 saturated heterocycles. The van der Waals surface area contributed by atoms with E-state index in [0.29, 0.717) is 24.2 Å². The van der Waals surface area contributed by atoms with E-state index in [2.05, 4.69) is 24.4 Å². The lowest BCUT2D eigenvalue weighted by molar-refractivity contribution is 0.0238. The molecule has 1 fully saturated rings. The largest absolute Gasteiger partial charge is 0.456 e. The van der Waals surface area contributed by atoms with Crippen LogP contribution in [0.1, 0.15) is 88.9 Å². The Morgan fingerprint density at radius 3 is 2.30 bits per heavy atom. The van der Waals surface area contributed by atoms with Gasteiger partial charge in [-0.15, -0.1) is 0 Å². The molecule has 0 spiro atoms. The number of aryl methyl sites for hydroxylation is 2. The Bertz CT molecular complexity index is 1400. The third kappa shape index (κ3) is 9.19. The zero-order valence-corrected chi connectivity index (χ0v) is 26.1. The normalized spacial score (nSPS) is 15.0. The maximum atomic E-state index is 13.9. The Balaban J connectivity index is 1.52. The van der Waals surface area contributed by atoms with Gasteiger partial charge < -0.3 is 20.7 Å². The molecular formula is C36H45F2N3O3. The molecule has 0 radical (unpaired) electrons. The van der Waals surface area contributed by atoms with Crippen molar-refractivity contribution in [1.82, 2.24) is 10.2 Å². The second kappa shape index (κ2) is 15.9. The van der Waals surface area contributed by atoms with Gasteiger partial charge in [0, 0.05) is 43.3 Å². The average molecular weight is 606 g/mol. The molecule has 0 heterocycles. The minimum atomic E-state index is -0.808. The molecule has 2 atom stereocenters. The number of esters is 1. The lowest BCUT2D eigenvalue weighted by Crippen LogP contribution is -2.46. The summed E-state index contributed by atoms with van der Waals surface area (Å²) < 4.78 is 33.8. The van der Waals surface area contributed by atoms with Crippen molar-refractivity contribution in [1.29, 1.82) is 0 Å². The van der Waals surface area contributed by atoms with Crippen LogP contribution in [-0.2, 0) is 24.1 Å². The SMILES string of the molecule is CCc1cccc(CNC[C@@H](OC(=O)c2cc(C)cc(C(=O)N(CC)C3CCCCC3)c2)[C@@H](N)Cc2cc(F)cc(F)c2)c1. The molecular weight excluding hydrogens is 560 g/mol. The van der Waals surface area contributed by atoms with Crippen LogP contribution in [0.15, 0.2) is 60.7 Å². The summed E-state index contributed by atoms with van der Waals surface area (Å²) >= 11 is 0. The molecule has 0 unspecified atom stereocenters. The van der Waals surface area contributed by atoms with E-state index in [-0.39, 0.29) is 30.5 Å². The lowest BCUT2D eigenvalue weighted by Gasteiger charge is -2.33. The summed E-state index contributed by atoms with van der Waals surface area (Å²) in [5, 5.41) is 3.33. The van der Waals surface area contributed by atoms with E-state index in [1.807, 2.05) is 30.9 Å². The molecule has 8 heteroatoms. The quantitative estimate of drug-likeness (QED) is 0.217. The number of hydrogen-bond donors (Lipinski definition) is 2. The van der Waals surface area contributed by atoms with Crippen LogP contribution in [0, 0.1) is 18.6 Å². The van der Waals surface area contributed by atoms with E-state index >= 15 is 0 Å². The third-order valence-corrected chi connectivity index (χ3v) is 8.38. The summed E-state index contributed by atoms with van der Waals surface area (Å²) in [6, 6.07) is 16.0. The predicted octanol–water partition coefficient (Wildman–Crippen LogP) is 6.52. The van der Waals surface area contributed by atoms with E-state index < -0.39 is 29.7 Å². The number of ether oxygens (including phenoxy) is 1. The van der Waals surface area contributed by atoms with Gasteiger partial charge in [-0.25, -0.2) is 13.6 Å². The van der Waals surface area contributed by atoms with Crippen molar-refractivity contribution in [3.8, 4) is 0 Å². The number of carbonyl (C=O) groups is 2. The van der Waals surface area contributed by atoms with Crippen molar-refractivity contribution in [2.24, 2.45) is 5.73 Å². The zero-order chi connectivity index (χ0) is 31.6. The van der Waals surface area contributed by atoms with Gasteiger partial charge in [0.25, 0.3) is 5.91 Å². The Hall–Kier alpha value is -3.62. The number of halogens is 2. The summed E-state index contributed by atoms with van der Waals surface area (Å²) in [5.74, 6) is -2.08. The number of rotatable bonds is 13. The molecule has 44 heavy (non-hydrogen) atoms. The Morgan fingerprint density at radius 2 is 1.61 bits per heavy atom. The van der Waals surface area contributed by atoms with Gasteiger partial charge in [-0.3, -0.25) is 4.79 Å². The molecule has 1 saturated carbocycles. The van der Waals surface area contributed by atoms with Gasteiger partial charge in [-0.1, -0.05) is 50.5 Å². The van der Waals surface area contributed by atoms with Gasteiger partial charge in [0.05, 0.1) is 5.56 Å². The zero-order valence-electron chi connectivity index (χ0n) is 26.1. The van der Waals surface area contributed by atoms with Gasteiger partial charge in [-0.2, -0.15) is 0 Å². The van der Waals surface area contributed by atoms with Crippen molar-refractivity contribution in [3.63, 3.8) is 0 Å². The van der Waals surface area contributed by atoms with Gasteiger partial charge >= 0.3 is 5.97 Å². The van der Waals surface area contributed by atoms with E-state index in [1.165, 1.54) is 24.1 Å². The van der Waals surface area contributed by atoms with Gasteiger partial charge in [0.15, 0.2) is 0 Å². The second-order valence-corrected chi connectivity index (χ2v) is 11.9. The maximum Gasteiger partial charge on any atom is 0.338 e. The monoisotopic (exact) mass is 605 g/mol. The Labute approximate surface area is 260 Å². The first-order valence-electron chi connectivity index (χ1n) is 15.8. The fourth-order valence-electron chi connectivity index (χ4n) is 6.09. The van der Waals surface area contributed by atoms with Crippen LogP contribution in [0.5, 0.6) is 0 Å². The second-order valence-electron chi connectivity index (χ2n) is 11.9. The van der Waals surface area contributed by atoms with Gasteiger partial charge in [-0.05, 0) is 92.1 Å². The van der Waals surface area contributed by atoms with E-state index in [4.69, 9.17) is 10.5 Å². The number of nitrogens with two attached hydrogens (primary N) is 1. The number of hydrogen-bond acceptors (Lipinski definition) is 5. The summed E-state index contributed by atoms with van der Waals surface area (Å²) in [4.78, 5) is 29.1. The first kappa shape index (κ1) is 33.3. The molecule has 1 amide bonds. The van der Waals surface area contributed by atoms with Crippen molar-refractivity contribution in [2.45, 2.75) is 90.4 Å². The van der Waals surface area contributed by atoms with Crippen LogP contribution in [0.3, 0.4) is 0 Å². The molecule has 6 nitrogen and oxygen atoms in total. The fourth-order valence-corrected chi connectivity index (χ4v) is 6.09. The van der Waals surface area contributed by atoms with Crippen molar-refractivity contribution in [3.05, 3.63) is 106 Å². The number of benzene rings is 3. The lowest BCUT2D eigenvalue weighted by atomic mass is 9.93. The molecule has 1 aliphatic rings. The molecule has 4 rings (SSSR count). The smallest absolute Gasteiger partial charge is 0.338 e. The topological polar surface area (TPSA) is 84.7 Å². The molecule has 3 aromatic rings.